The minimum absolute atomic E-state index is 0.146. The maximum absolute atomic E-state index is 11.4. The van der Waals surface area contributed by atoms with Crippen LogP contribution in [0, 0.1) is 10.1 Å². The molecule has 0 unspecified atom stereocenters. The third-order valence-corrected chi connectivity index (χ3v) is 2.92. The molecule has 0 aliphatic heterocycles. The maximum atomic E-state index is 11.4. The smallest absolute Gasteiger partial charge is 0.354 e. The fourth-order valence-electron chi connectivity index (χ4n) is 1.93. The average molecular weight is 297 g/mol. The van der Waals surface area contributed by atoms with Gasteiger partial charge in [-0.25, -0.2) is 15.0 Å². The molecule has 110 valence electrons. The van der Waals surface area contributed by atoms with Crippen molar-refractivity contribution in [3.05, 3.63) is 65.3 Å². The van der Waals surface area contributed by atoms with Crippen molar-refractivity contribution < 1.29 is 4.92 Å². The molecule has 0 fully saturated rings. The first-order chi connectivity index (χ1) is 10.8. The quantitative estimate of drug-likeness (QED) is 0.562. The van der Waals surface area contributed by atoms with E-state index in [1.165, 1.54) is 23.4 Å². The number of nitrogens with zero attached hydrogens (tertiary/aromatic N) is 6. The minimum atomic E-state index is -0.513. The van der Waals surface area contributed by atoms with E-state index < -0.39 is 4.92 Å². The van der Waals surface area contributed by atoms with Crippen molar-refractivity contribution in [2.75, 3.05) is 5.32 Å². The van der Waals surface area contributed by atoms with Gasteiger partial charge in [-0.1, -0.05) is 6.07 Å². The van der Waals surface area contributed by atoms with Gasteiger partial charge in [0, 0.05) is 31.3 Å². The predicted molar refractivity (Wildman–Crippen MR) is 77.4 cm³/mol. The maximum Gasteiger partial charge on any atom is 0.354 e. The van der Waals surface area contributed by atoms with Crippen molar-refractivity contribution in [1.82, 2.24) is 24.5 Å². The first kappa shape index (κ1) is 13.6. The molecule has 0 aliphatic carbocycles. The van der Waals surface area contributed by atoms with Crippen molar-refractivity contribution in [2.24, 2.45) is 0 Å². The van der Waals surface area contributed by atoms with Crippen molar-refractivity contribution in [3.8, 4) is 5.82 Å². The van der Waals surface area contributed by atoms with Gasteiger partial charge in [-0.3, -0.25) is 19.7 Å². The molecule has 0 aromatic carbocycles. The zero-order chi connectivity index (χ0) is 15.4. The number of rotatable bonds is 5. The van der Waals surface area contributed by atoms with Crippen LogP contribution in [0.25, 0.3) is 5.82 Å². The SMILES string of the molecule is O=[N+]([O-])c1c(NCc2cccnc2)ncnc1-n1ccnc1. The van der Waals surface area contributed by atoms with Crippen molar-refractivity contribution in [2.45, 2.75) is 6.54 Å². The Balaban J connectivity index is 1.94. The summed E-state index contributed by atoms with van der Waals surface area (Å²) in [5.41, 5.74) is 0.684. The second-order valence-electron chi connectivity index (χ2n) is 4.34. The number of hydrogen-bond acceptors (Lipinski definition) is 7. The normalized spacial score (nSPS) is 10.4. The molecule has 0 spiro atoms. The number of pyridine rings is 1. The van der Waals surface area contributed by atoms with E-state index in [9.17, 15) is 10.1 Å². The largest absolute Gasteiger partial charge is 0.360 e. The van der Waals surface area contributed by atoms with Crippen LogP contribution in [-0.2, 0) is 6.54 Å². The molecule has 9 nitrogen and oxygen atoms in total. The van der Waals surface area contributed by atoms with Crippen LogP contribution in [0.1, 0.15) is 5.56 Å². The molecule has 3 rings (SSSR count). The van der Waals surface area contributed by atoms with Gasteiger partial charge >= 0.3 is 5.69 Å². The number of nitrogens with one attached hydrogen (secondary N) is 1. The van der Waals surface area contributed by atoms with Gasteiger partial charge in [0.1, 0.15) is 12.7 Å². The van der Waals surface area contributed by atoms with E-state index in [1.54, 1.807) is 24.7 Å². The molecule has 0 saturated carbocycles. The molecule has 0 saturated heterocycles. The van der Waals surface area contributed by atoms with E-state index in [2.05, 4.69) is 25.3 Å². The van der Waals surface area contributed by atoms with Crippen LogP contribution >= 0.6 is 0 Å². The molecule has 0 bridgehead atoms. The van der Waals surface area contributed by atoms with Crippen LogP contribution in [0.2, 0.25) is 0 Å². The number of imidazole rings is 1. The summed E-state index contributed by atoms with van der Waals surface area (Å²) in [4.78, 5) is 26.7. The van der Waals surface area contributed by atoms with E-state index >= 15 is 0 Å². The summed E-state index contributed by atoms with van der Waals surface area (Å²) >= 11 is 0. The second kappa shape index (κ2) is 5.95. The van der Waals surface area contributed by atoms with Crippen LogP contribution < -0.4 is 5.32 Å². The first-order valence-corrected chi connectivity index (χ1v) is 6.36. The Morgan fingerprint density at radius 2 is 2.18 bits per heavy atom. The number of anilines is 1. The molecule has 3 heterocycles. The molecule has 3 aromatic rings. The van der Waals surface area contributed by atoms with Crippen molar-refractivity contribution in [3.63, 3.8) is 0 Å². The van der Waals surface area contributed by atoms with Crippen LogP contribution in [-0.4, -0.2) is 29.4 Å². The van der Waals surface area contributed by atoms with Gasteiger partial charge in [0.25, 0.3) is 0 Å². The lowest BCUT2D eigenvalue weighted by atomic mass is 10.3. The summed E-state index contributed by atoms with van der Waals surface area (Å²) in [7, 11) is 0. The third kappa shape index (κ3) is 2.73. The molecule has 0 aliphatic rings. The van der Waals surface area contributed by atoms with Gasteiger partial charge in [-0.2, -0.15) is 0 Å². The highest BCUT2D eigenvalue weighted by Gasteiger charge is 2.23. The molecule has 3 aromatic heterocycles. The topological polar surface area (TPSA) is 112 Å². The van der Waals surface area contributed by atoms with Crippen LogP contribution in [0.4, 0.5) is 11.5 Å². The van der Waals surface area contributed by atoms with Gasteiger partial charge in [0.05, 0.1) is 4.92 Å². The van der Waals surface area contributed by atoms with Gasteiger partial charge in [0.15, 0.2) is 0 Å². The summed E-state index contributed by atoms with van der Waals surface area (Å²) in [6.45, 7) is 0.370. The highest BCUT2D eigenvalue weighted by atomic mass is 16.6. The lowest BCUT2D eigenvalue weighted by molar-refractivity contribution is -0.384. The molecular formula is C13H11N7O2. The van der Waals surface area contributed by atoms with Crippen molar-refractivity contribution >= 4 is 11.5 Å². The fourth-order valence-corrected chi connectivity index (χ4v) is 1.93. The second-order valence-corrected chi connectivity index (χ2v) is 4.34. The molecule has 0 atom stereocenters. The Hall–Kier alpha value is -3.36. The molecular weight excluding hydrogens is 286 g/mol. The lowest BCUT2D eigenvalue weighted by Gasteiger charge is -2.08. The molecule has 0 radical (unpaired) electrons. The van der Waals surface area contributed by atoms with E-state index in [-0.39, 0.29) is 17.3 Å². The summed E-state index contributed by atoms with van der Waals surface area (Å²) in [5.74, 6) is 0.304. The van der Waals surface area contributed by atoms with Crippen molar-refractivity contribution in [1.29, 1.82) is 0 Å². The lowest BCUT2D eigenvalue weighted by Crippen LogP contribution is -2.09. The zero-order valence-corrected chi connectivity index (χ0v) is 11.3. The Kier molecular flexibility index (Phi) is 3.69. The number of aromatic nitrogens is 5. The number of nitro groups is 1. The van der Waals surface area contributed by atoms with E-state index in [0.717, 1.165) is 5.56 Å². The van der Waals surface area contributed by atoms with E-state index in [1.807, 2.05) is 6.07 Å². The Morgan fingerprint density at radius 1 is 1.27 bits per heavy atom. The zero-order valence-electron chi connectivity index (χ0n) is 11.3. The Bertz CT molecular complexity index is 774. The highest BCUT2D eigenvalue weighted by molar-refractivity contribution is 5.64. The first-order valence-electron chi connectivity index (χ1n) is 6.36. The van der Waals surface area contributed by atoms with Gasteiger partial charge < -0.3 is 5.32 Å². The standard InChI is InChI=1S/C13H11N7O2/c21-20(22)11-12(16-7-10-2-1-3-14-6-10)17-8-18-13(11)19-5-4-15-9-19/h1-6,8-9H,7H2,(H,16,17,18). The average Bonchev–Trinajstić information content (AvgIpc) is 3.07. The third-order valence-electron chi connectivity index (χ3n) is 2.92. The highest BCUT2D eigenvalue weighted by Crippen LogP contribution is 2.27. The van der Waals surface area contributed by atoms with Crippen LogP contribution in [0.15, 0.2) is 49.6 Å². The van der Waals surface area contributed by atoms with E-state index in [0.29, 0.717) is 6.54 Å². The summed E-state index contributed by atoms with van der Waals surface area (Å²) < 4.78 is 1.47. The summed E-state index contributed by atoms with van der Waals surface area (Å²) in [5, 5.41) is 14.3. The Morgan fingerprint density at radius 3 is 2.86 bits per heavy atom. The van der Waals surface area contributed by atoms with E-state index in [4.69, 9.17) is 0 Å². The van der Waals surface area contributed by atoms with Gasteiger partial charge in [0.2, 0.25) is 11.6 Å². The number of hydrogen-bond donors (Lipinski definition) is 1. The van der Waals surface area contributed by atoms with Gasteiger partial charge in [-0.15, -0.1) is 0 Å². The summed E-state index contributed by atoms with van der Waals surface area (Å²) in [6.07, 6.45) is 9.16. The minimum Gasteiger partial charge on any atom is -0.360 e. The molecule has 0 amide bonds. The van der Waals surface area contributed by atoms with Crippen LogP contribution in [0.5, 0.6) is 0 Å². The predicted octanol–water partition coefficient (Wildman–Crippen LogP) is 1.58. The van der Waals surface area contributed by atoms with Crippen LogP contribution in [0.3, 0.4) is 0 Å². The molecule has 22 heavy (non-hydrogen) atoms. The monoisotopic (exact) mass is 297 g/mol. The molecule has 9 heteroatoms. The van der Waals surface area contributed by atoms with Gasteiger partial charge in [-0.05, 0) is 11.6 Å². The Labute approximate surface area is 124 Å². The molecule has 1 N–H and O–H groups in total. The fraction of sp³-hybridized carbons (Fsp3) is 0.0769. The summed E-state index contributed by atoms with van der Waals surface area (Å²) in [6, 6.07) is 3.66.